The number of nitrogens with zero attached hydrogens (tertiary/aromatic N) is 3. The van der Waals surface area contributed by atoms with Crippen molar-refractivity contribution in [2.75, 3.05) is 0 Å². The first-order valence-electron chi connectivity index (χ1n) is 7.21. The Morgan fingerprint density at radius 2 is 2.23 bits per heavy atom. The van der Waals surface area contributed by atoms with Gasteiger partial charge in [0.05, 0.1) is 0 Å². The summed E-state index contributed by atoms with van der Waals surface area (Å²) in [5.74, 6) is -0.541. The molecule has 1 saturated heterocycles. The van der Waals surface area contributed by atoms with Crippen LogP contribution in [0.25, 0.3) is 0 Å². The molecule has 3 atom stereocenters. The third-order valence-electron chi connectivity index (χ3n) is 4.22. The van der Waals surface area contributed by atoms with Crippen LogP contribution in [0.1, 0.15) is 39.5 Å². The van der Waals surface area contributed by atoms with Crippen LogP contribution >= 0.6 is 0 Å². The number of hydrogen-bond donors (Lipinski definition) is 1. The highest BCUT2D eigenvalue weighted by Crippen LogP contribution is 2.61. The van der Waals surface area contributed by atoms with Crippen molar-refractivity contribution >= 4 is 12.1 Å². The normalized spacial score (nSPS) is 30.0. The molecule has 120 valence electrons. The van der Waals surface area contributed by atoms with Gasteiger partial charge < -0.3 is 14.3 Å². The van der Waals surface area contributed by atoms with Crippen LogP contribution in [-0.2, 0) is 16.0 Å². The van der Waals surface area contributed by atoms with Crippen LogP contribution in [0.5, 0.6) is 0 Å². The molecule has 0 bridgehead atoms. The van der Waals surface area contributed by atoms with Crippen LogP contribution in [-0.4, -0.2) is 50.0 Å². The summed E-state index contributed by atoms with van der Waals surface area (Å²) in [6.07, 6.45) is 2.28. The fourth-order valence-electron chi connectivity index (χ4n) is 3.25. The second kappa shape index (κ2) is 4.69. The highest BCUT2D eigenvalue weighted by Gasteiger charge is 2.68. The summed E-state index contributed by atoms with van der Waals surface area (Å²) in [6, 6.07) is -1.01. The van der Waals surface area contributed by atoms with E-state index in [2.05, 4.69) is 10.2 Å². The van der Waals surface area contributed by atoms with E-state index < -0.39 is 23.7 Å². The van der Waals surface area contributed by atoms with Gasteiger partial charge in [0.25, 0.3) is 0 Å². The number of carbonyl (C=O) groups excluding carboxylic acids is 1. The van der Waals surface area contributed by atoms with Crippen molar-refractivity contribution in [2.45, 2.75) is 57.7 Å². The van der Waals surface area contributed by atoms with Crippen molar-refractivity contribution < 1.29 is 23.8 Å². The lowest BCUT2D eigenvalue weighted by Gasteiger charge is -2.28. The second-order valence-electron chi connectivity index (χ2n) is 7.04. The zero-order chi connectivity index (χ0) is 16.1. The number of piperidine rings is 1. The highest BCUT2D eigenvalue weighted by molar-refractivity contribution is 5.82. The van der Waals surface area contributed by atoms with E-state index in [1.807, 2.05) is 0 Å². The van der Waals surface area contributed by atoms with Crippen LogP contribution in [0.3, 0.4) is 0 Å². The van der Waals surface area contributed by atoms with Crippen molar-refractivity contribution in [1.82, 2.24) is 15.1 Å². The Labute approximate surface area is 127 Å². The number of likely N-dealkylation sites (tertiary alicyclic amines) is 1. The molecule has 8 heteroatoms. The Morgan fingerprint density at radius 3 is 2.77 bits per heavy atom. The maximum atomic E-state index is 12.3. The van der Waals surface area contributed by atoms with Crippen molar-refractivity contribution in [3.8, 4) is 0 Å². The Bertz CT molecular complexity index is 594. The van der Waals surface area contributed by atoms with Crippen LogP contribution in [0.4, 0.5) is 4.79 Å². The summed E-state index contributed by atoms with van der Waals surface area (Å²) in [6.45, 7) is 5.28. The van der Waals surface area contributed by atoms with E-state index in [4.69, 9.17) is 9.15 Å². The Morgan fingerprint density at radius 1 is 1.50 bits per heavy atom. The predicted molar refractivity (Wildman–Crippen MR) is 73.0 cm³/mol. The molecule has 1 aliphatic heterocycles. The van der Waals surface area contributed by atoms with Gasteiger partial charge in [0.15, 0.2) is 0 Å². The fourth-order valence-corrected chi connectivity index (χ4v) is 3.25. The van der Waals surface area contributed by atoms with Gasteiger partial charge in [-0.1, -0.05) is 0 Å². The molecule has 1 aromatic heterocycles. The molecule has 0 spiro atoms. The largest absolute Gasteiger partial charge is 0.480 e. The molecular weight excluding hydrogens is 290 g/mol. The Hall–Kier alpha value is -2.12. The molecule has 1 unspecified atom stereocenters. The van der Waals surface area contributed by atoms with E-state index in [1.165, 1.54) is 11.3 Å². The summed E-state index contributed by atoms with van der Waals surface area (Å²) in [5, 5.41) is 16.9. The maximum absolute atomic E-state index is 12.3. The van der Waals surface area contributed by atoms with Crippen LogP contribution in [0, 0.1) is 5.41 Å². The monoisotopic (exact) mass is 309 g/mol. The number of carboxylic acids is 1. The number of amides is 1. The minimum atomic E-state index is -1.01. The van der Waals surface area contributed by atoms with E-state index in [0.29, 0.717) is 18.7 Å². The number of aliphatic carboxylic acids is 1. The number of carboxylic acid groups (broad SMARTS) is 1. The van der Waals surface area contributed by atoms with Gasteiger partial charge in [0, 0.05) is 17.9 Å². The number of ether oxygens (including phenoxy) is 1. The Balaban J connectivity index is 1.78. The molecule has 1 aromatic rings. The SMILES string of the molecule is CC(C)(C)OC(=O)N1C2C[C@]2(Cc2nnco2)C[C@H]1C(=O)O. The molecule has 2 fully saturated rings. The van der Waals surface area contributed by atoms with E-state index in [-0.39, 0.29) is 11.5 Å². The van der Waals surface area contributed by atoms with Gasteiger partial charge in [0.1, 0.15) is 11.6 Å². The number of aromatic nitrogens is 2. The standard InChI is InChI=1S/C14H19N3O5/c1-13(2,3)22-12(20)17-8(11(18)19)4-14(5-9(14)17)6-10-16-15-7-21-10/h7-9H,4-6H2,1-3H3,(H,18,19)/t8-,9?,14-/m0/s1. The number of carbonyl (C=O) groups is 2. The van der Waals surface area contributed by atoms with E-state index in [0.717, 1.165) is 6.42 Å². The lowest BCUT2D eigenvalue weighted by molar-refractivity contribution is -0.142. The minimum absolute atomic E-state index is 0.143. The van der Waals surface area contributed by atoms with Crippen molar-refractivity contribution in [3.63, 3.8) is 0 Å². The Kier molecular flexibility index (Phi) is 3.15. The average Bonchev–Trinajstić information content (AvgIpc) is 2.74. The van der Waals surface area contributed by atoms with Crippen LogP contribution < -0.4 is 0 Å². The topological polar surface area (TPSA) is 106 Å². The van der Waals surface area contributed by atoms with Gasteiger partial charge in [-0.3, -0.25) is 4.90 Å². The minimum Gasteiger partial charge on any atom is -0.480 e. The van der Waals surface area contributed by atoms with Gasteiger partial charge in [-0.05, 0) is 33.6 Å². The number of rotatable bonds is 3. The lowest BCUT2D eigenvalue weighted by Crippen LogP contribution is -2.45. The maximum Gasteiger partial charge on any atom is 0.411 e. The molecule has 1 N–H and O–H groups in total. The van der Waals surface area contributed by atoms with Crippen molar-refractivity contribution in [1.29, 1.82) is 0 Å². The summed E-state index contributed by atoms with van der Waals surface area (Å²) < 4.78 is 10.5. The molecule has 3 rings (SSSR count). The lowest BCUT2D eigenvalue weighted by atomic mass is 9.96. The summed E-state index contributed by atoms with van der Waals surface area (Å²) >= 11 is 0. The number of fused-ring (bicyclic) bond motifs is 1. The van der Waals surface area contributed by atoms with Gasteiger partial charge in [-0.2, -0.15) is 0 Å². The average molecular weight is 309 g/mol. The molecule has 8 nitrogen and oxygen atoms in total. The molecule has 1 saturated carbocycles. The quantitative estimate of drug-likeness (QED) is 0.901. The first-order valence-corrected chi connectivity index (χ1v) is 7.21. The number of hydrogen-bond acceptors (Lipinski definition) is 6. The third kappa shape index (κ3) is 2.53. The first-order chi connectivity index (χ1) is 10.2. The molecule has 2 heterocycles. The molecule has 22 heavy (non-hydrogen) atoms. The molecule has 0 radical (unpaired) electrons. The highest BCUT2D eigenvalue weighted by atomic mass is 16.6. The van der Waals surface area contributed by atoms with Gasteiger partial charge in [0.2, 0.25) is 12.3 Å². The summed E-state index contributed by atoms with van der Waals surface area (Å²) in [5.41, 5.74) is -0.945. The first kappa shape index (κ1) is 14.8. The molecule has 2 aliphatic rings. The zero-order valence-corrected chi connectivity index (χ0v) is 12.8. The van der Waals surface area contributed by atoms with Gasteiger partial charge >= 0.3 is 12.1 Å². The summed E-state index contributed by atoms with van der Waals surface area (Å²) in [4.78, 5) is 25.2. The van der Waals surface area contributed by atoms with Gasteiger partial charge in [-0.25, -0.2) is 9.59 Å². The smallest absolute Gasteiger partial charge is 0.411 e. The fraction of sp³-hybridized carbons (Fsp3) is 0.714. The molecule has 1 aliphatic carbocycles. The van der Waals surface area contributed by atoms with E-state index in [1.54, 1.807) is 20.8 Å². The molecular formula is C14H19N3O5. The van der Waals surface area contributed by atoms with Crippen molar-refractivity contribution in [3.05, 3.63) is 12.3 Å². The summed E-state index contributed by atoms with van der Waals surface area (Å²) in [7, 11) is 0. The second-order valence-corrected chi connectivity index (χ2v) is 7.04. The van der Waals surface area contributed by atoms with Crippen LogP contribution in [0.2, 0.25) is 0 Å². The van der Waals surface area contributed by atoms with E-state index in [9.17, 15) is 14.7 Å². The van der Waals surface area contributed by atoms with Gasteiger partial charge in [-0.15, -0.1) is 10.2 Å². The molecule has 1 amide bonds. The van der Waals surface area contributed by atoms with Crippen molar-refractivity contribution in [2.24, 2.45) is 5.41 Å². The predicted octanol–water partition coefficient (Wildman–Crippen LogP) is 1.46. The van der Waals surface area contributed by atoms with E-state index >= 15 is 0 Å². The molecule has 0 aromatic carbocycles. The zero-order valence-electron chi connectivity index (χ0n) is 12.8. The van der Waals surface area contributed by atoms with Crippen LogP contribution in [0.15, 0.2) is 10.8 Å². The third-order valence-corrected chi connectivity index (χ3v) is 4.22.